The maximum atomic E-state index is 12.3. The molecule has 7 heteroatoms. The lowest BCUT2D eigenvalue weighted by molar-refractivity contribution is -0.124. The molecule has 0 bridgehead atoms. The van der Waals surface area contributed by atoms with E-state index >= 15 is 0 Å². The summed E-state index contributed by atoms with van der Waals surface area (Å²) in [7, 11) is 0. The van der Waals surface area contributed by atoms with Gasteiger partial charge in [0, 0.05) is 18.0 Å². The molecule has 0 spiro atoms. The molecule has 1 aromatic carbocycles. The highest BCUT2D eigenvalue weighted by atomic mass is 35.5. The van der Waals surface area contributed by atoms with Crippen LogP contribution in [0.3, 0.4) is 0 Å². The van der Waals surface area contributed by atoms with Crippen LogP contribution >= 0.6 is 12.4 Å². The second kappa shape index (κ2) is 8.71. The van der Waals surface area contributed by atoms with Crippen molar-refractivity contribution in [3.8, 4) is 5.75 Å². The van der Waals surface area contributed by atoms with E-state index in [9.17, 15) is 13.6 Å². The Bertz CT molecular complexity index is 433. The van der Waals surface area contributed by atoms with E-state index in [1.807, 2.05) is 0 Å². The van der Waals surface area contributed by atoms with Gasteiger partial charge in [-0.25, -0.2) is 0 Å². The van der Waals surface area contributed by atoms with Crippen molar-refractivity contribution < 1.29 is 18.3 Å². The van der Waals surface area contributed by atoms with Crippen LogP contribution in [0.4, 0.5) is 8.78 Å². The van der Waals surface area contributed by atoms with Crippen LogP contribution in [0.15, 0.2) is 24.3 Å². The zero-order valence-electron chi connectivity index (χ0n) is 11.3. The fourth-order valence-corrected chi connectivity index (χ4v) is 1.58. The summed E-state index contributed by atoms with van der Waals surface area (Å²) in [5.74, 6) is -0.488. The third-order valence-corrected chi connectivity index (χ3v) is 2.76. The van der Waals surface area contributed by atoms with Gasteiger partial charge in [0.05, 0.1) is 6.04 Å². The number of halogens is 3. The zero-order chi connectivity index (χ0) is 14.4. The summed E-state index contributed by atoms with van der Waals surface area (Å²) in [4.78, 5) is 11.7. The van der Waals surface area contributed by atoms with Crippen LogP contribution in [0.5, 0.6) is 5.75 Å². The normalized spacial score (nSPS) is 13.3. The first-order valence-electron chi connectivity index (χ1n) is 5.99. The van der Waals surface area contributed by atoms with Gasteiger partial charge in [-0.2, -0.15) is 8.78 Å². The molecular formula is C13H19ClF2N2O2. The molecule has 0 aliphatic rings. The van der Waals surface area contributed by atoms with Gasteiger partial charge < -0.3 is 15.8 Å². The first-order chi connectivity index (χ1) is 8.95. The van der Waals surface area contributed by atoms with Crippen molar-refractivity contribution in [2.24, 2.45) is 11.7 Å². The smallest absolute Gasteiger partial charge is 0.387 e. The highest BCUT2D eigenvalue weighted by Gasteiger charge is 2.18. The Morgan fingerprint density at radius 1 is 1.35 bits per heavy atom. The minimum absolute atomic E-state index is 0. The molecular weight excluding hydrogens is 290 g/mol. The SMILES string of the molecule is CC(CN)C(=O)NC(C)c1ccccc1OC(F)F.Cl. The van der Waals surface area contributed by atoms with Gasteiger partial charge in [0.2, 0.25) is 5.91 Å². The van der Waals surface area contributed by atoms with Gasteiger partial charge in [-0.15, -0.1) is 12.4 Å². The third-order valence-electron chi connectivity index (χ3n) is 2.76. The fourth-order valence-electron chi connectivity index (χ4n) is 1.58. The topological polar surface area (TPSA) is 64.4 Å². The molecule has 0 radical (unpaired) electrons. The van der Waals surface area contributed by atoms with E-state index < -0.39 is 12.7 Å². The Labute approximate surface area is 123 Å². The molecule has 0 saturated carbocycles. The Hall–Kier alpha value is -1.40. The molecule has 2 atom stereocenters. The maximum absolute atomic E-state index is 12.3. The van der Waals surface area contributed by atoms with E-state index in [0.717, 1.165) is 0 Å². The second-order valence-corrected chi connectivity index (χ2v) is 4.28. The third kappa shape index (κ3) is 5.30. The first-order valence-corrected chi connectivity index (χ1v) is 5.99. The molecule has 20 heavy (non-hydrogen) atoms. The van der Waals surface area contributed by atoms with Crippen molar-refractivity contribution in [3.63, 3.8) is 0 Å². The van der Waals surface area contributed by atoms with Gasteiger partial charge in [0.1, 0.15) is 5.75 Å². The Morgan fingerprint density at radius 2 is 1.95 bits per heavy atom. The summed E-state index contributed by atoms with van der Waals surface area (Å²) in [6, 6.07) is 5.93. The molecule has 0 fully saturated rings. The minimum atomic E-state index is -2.90. The molecule has 2 unspecified atom stereocenters. The average molecular weight is 309 g/mol. The Balaban J connectivity index is 0.00000361. The molecule has 0 heterocycles. The number of benzene rings is 1. The molecule has 1 rings (SSSR count). The standard InChI is InChI=1S/C13H18F2N2O2.ClH/c1-8(7-16)12(18)17-9(2)10-5-3-4-6-11(10)19-13(14)15;/h3-6,8-9,13H,7,16H2,1-2H3,(H,17,18);1H. The number of nitrogens with one attached hydrogen (secondary N) is 1. The number of hydrogen-bond acceptors (Lipinski definition) is 3. The molecule has 1 amide bonds. The van der Waals surface area contributed by atoms with Gasteiger partial charge in [0.25, 0.3) is 0 Å². The lowest BCUT2D eigenvalue weighted by Gasteiger charge is -2.19. The molecule has 1 aromatic rings. The number of carbonyl (C=O) groups is 1. The zero-order valence-corrected chi connectivity index (χ0v) is 12.1. The summed E-state index contributed by atoms with van der Waals surface area (Å²) >= 11 is 0. The van der Waals surface area contributed by atoms with Crippen molar-refractivity contribution in [2.45, 2.75) is 26.5 Å². The van der Waals surface area contributed by atoms with E-state index in [1.54, 1.807) is 32.0 Å². The molecule has 0 saturated heterocycles. The number of para-hydroxylation sites is 1. The number of nitrogens with two attached hydrogens (primary N) is 1. The van der Waals surface area contributed by atoms with E-state index in [0.29, 0.717) is 5.56 Å². The van der Waals surface area contributed by atoms with Crippen molar-refractivity contribution in [3.05, 3.63) is 29.8 Å². The van der Waals surface area contributed by atoms with Crippen LogP contribution in [-0.4, -0.2) is 19.1 Å². The van der Waals surface area contributed by atoms with Crippen LogP contribution in [0.1, 0.15) is 25.5 Å². The number of carbonyl (C=O) groups excluding carboxylic acids is 1. The molecule has 114 valence electrons. The molecule has 0 aliphatic carbocycles. The average Bonchev–Trinajstić information content (AvgIpc) is 2.37. The molecule has 0 aromatic heterocycles. The first kappa shape index (κ1) is 18.6. The largest absolute Gasteiger partial charge is 0.434 e. The van der Waals surface area contributed by atoms with Gasteiger partial charge in [0.15, 0.2) is 0 Å². The maximum Gasteiger partial charge on any atom is 0.387 e. The minimum Gasteiger partial charge on any atom is -0.434 e. The Kier molecular flexibility index (Phi) is 8.10. The summed E-state index contributed by atoms with van der Waals surface area (Å²) in [6.45, 7) is 0.735. The summed E-state index contributed by atoms with van der Waals surface area (Å²) in [6.07, 6.45) is 0. The van der Waals surface area contributed by atoms with Gasteiger partial charge >= 0.3 is 6.61 Å². The van der Waals surface area contributed by atoms with Crippen LogP contribution in [0, 0.1) is 5.92 Å². The van der Waals surface area contributed by atoms with Gasteiger partial charge in [-0.3, -0.25) is 4.79 Å². The Morgan fingerprint density at radius 3 is 2.50 bits per heavy atom. The number of hydrogen-bond donors (Lipinski definition) is 2. The van der Waals surface area contributed by atoms with E-state index in [4.69, 9.17) is 5.73 Å². The second-order valence-electron chi connectivity index (χ2n) is 4.28. The van der Waals surface area contributed by atoms with Crippen LogP contribution in [0.25, 0.3) is 0 Å². The van der Waals surface area contributed by atoms with Crippen molar-refractivity contribution in [1.82, 2.24) is 5.32 Å². The monoisotopic (exact) mass is 308 g/mol. The van der Waals surface area contributed by atoms with E-state index in [1.165, 1.54) is 6.07 Å². The summed E-state index contributed by atoms with van der Waals surface area (Å²) in [5, 5.41) is 2.72. The predicted molar refractivity (Wildman–Crippen MR) is 75.1 cm³/mol. The molecule has 0 aliphatic heterocycles. The molecule has 4 nitrogen and oxygen atoms in total. The number of ether oxygens (including phenoxy) is 1. The lowest BCUT2D eigenvalue weighted by atomic mass is 10.1. The van der Waals surface area contributed by atoms with E-state index in [-0.39, 0.29) is 36.5 Å². The van der Waals surface area contributed by atoms with Crippen molar-refractivity contribution >= 4 is 18.3 Å². The number of rotatable bonds is 6. The van der Waals surface area contributed by atoms with Crippen LogP contribution in [0.2, 0.25) is 0 Å². The summed E-state index contributed by atoms with van der Waals surface area (Å²) in [5.41, 5.74) is 5.90. The van der Waals surface area contributed by atoms with Gasteiger partial charge in [-0.05, 0) is 13.0 Å². The van der Waals surface area contributed by atoms with Crippen LogP contribution < -0.4 is 15.8 Å². The molecule has 3 N–H and O–H groups in total. The van der Waals surface area contributed by atoms with Crippen molar-refractivity contribution in [2.75, 3.05) is 6.54 Å². The van der Waals surface area contributed by atoms with E-state index in [2.05, 4.69) is 10.1 Å². The highest BCUT2D eigenvalue weighted by Crippen LogP contribution is 2.26. The van der Waals surface area contributed by atoms with Crippen molar-refractivity contribution in [1.29, 1.82) is 0 Å². The van der Waals surface area contributed by atoms with Crippen LogP contribution in [-0.2, 0) is 4.79 Å². The highest BCUT2D eigenvalue weighted by molar-refractivity contribution is 5.85. The quantitative estimate of drug-likeness (QED) is 0.848. The summed E-state index contributed by atoms with van der Waals surface area (Å²) < 4.78 is 29.0. The predicted octanol–water partition coefficient (Wildman–Crippen LogP) is 2.48. The fraction of sp³-hybridized carbons (Fsp3) is 0.462. The lowest BCUT2D eigenvalue weighted by Crippen LogP contribution is -2.35. The number of alkyl halides is 2. The number of amides is 1. The van der Waals surface area contributed by atoms with Gasteiger partial charge in [-0.1, -0.05) is 25.1 Å².